The first kappa shape index (κ1) is 20.9. The average molecular weight is 442 g/mol. The maximum Gasteiger partial charge on any atom is 0.273 e. The van der Waals surface area contributed by atoms with Crippen molar-refractivity contribution in [1.82, 2.24) is 19.9 Å². The number of aromatic nitrogens is 3. The summed E-state index contributed by atoms with van der Waals surface area (Å²) in [7, 11) is 0. The average Bonchev–Trinajstić information content (AvgIpc) is 3.45. The normalized spacial score (nSPS) is 29.2. The lowest BCUT2D eigenvalue weighted by molar-refractivity contribution is -0.125. The molecule has 2 fully saturated rings. The molecule has 1 aliphatic carbocycles. The number of anilines is 1. The maximum absolute atomic E-state index is 14.4. The molecule has 5 atom stereocenters. The minimum Gasteiger partial charge on any atom is -0.391 e. The van der Waals surface area contributed by atoms with Gasteiger partial charge in [-0.1, -0.05) is 6.07 Å². The highest BCUT2D eigenvalue weighted by molar-refractivity contribution is 6.47. The lowest BCUT2D eigenvalue weighted by atomic mass is 10.0. The lowest BCUT2D eigenvalue weighted by Gasteiger charge is -2.25. The van der Waals surface area contributed by atoms with Crippen molar-refractivity contribution in [1.29, 1.82) is 0 Å². The summed E-state index contributed by atoms with van der Waals surface area (Å²) in [5.41, 5.74) is 2.88. The van der Waals surface area contributed by atoms with Crippen molar-refractivity contribution in [3.8, 4) is 0 Å². The lowest BCUT2D eigenvalue weighted by Crippen LogP contribution is -2.37. The third-order valence-corrected chi connectivity index (χ3v) is 6.34. The summed E-state index contributed by atoms with van der Waals surface area (Å²) in [5, 5.41) is 13.2. The number of hydrogen-bond acceptors (Lipinski definition) is 7. The van der Waals surface area contributed by atoms with Crippen LogP contribution >= 0.6 is 0 Å². The molecular weight excluding hydrogens is 418 g/mol. The van der Waals surface area contributed by atoms with Gasteiger partial charge in [-0.3, -0.25) is 14.8 Å². The molecule has 3 aliphatic rings. The van der Waals surface area contributed by atoms with Crippen molar-refractivity contribution >= 4 is 17.4 Å². The fourth-order valence-corrected chi connectivity index (χ4v) is 4.82. The number of pyridine rings is 1. The van der Waals surface area contributed by atoms with Gasteiger partial charge in [-0.2, -0.15) is 0 Å². The molecule has 5 rings (SSSR count). The zero-order valence-corrected chi connectivity index (χ0v) is 17.6. The summed E-state index contributed by atoms with van der Waals surface area (Å²) in [6.45, 7) is 2.07. The van der Waals surface area contributed by atoms with Gasteiger partial charge in [0.25, 0.3) is 5.91 Å². The monoisotopic (exact) mass is 442 g/mol. The number of fused-ring (bicyclic) bond motifs is 1. The number of carbonyl (C=O) groups excluding carboxylic acids is 1. The number of aryl methyl sites for hydroxylation is 1. The minimum absolute atomic E-state index is 0.0346. The SMILES string of the molecule is Cc1cncc([C@H]2C[C@H](F)CN2C(=O)C2=NCc3ncnc(N[C@@H]4C[C@@H](F)C[C@H]4O)c32)c1. The van der Waals surface area contributed by atoms with Gasteiger partial charge in [0.05, 0.1) is 42.5 Å². The summed E-state index contributed by atoms with van der Waals surface area (Å²) in [6.07, 6.45) is 2.03. The molecule has 0 bridgehead atoms. The number of hydrogen-bond donors (Lipinski definition) is 2. The molecule has 168 valence electrons. The van der Waals surface area contributed by atoms with E-state index < -0.39 is 36.4 Å². The molecule has 2 aromatic rings. The smallest absolute Gasteiger partial charge is 0.273 e. The predicted octanol–water partition coefficient (Wildman–Crippen LogP) is 2.07. The van der Waals surface area contributed by atoms with E-state index in [1.807, 2.05) is 13.0 Å². The number of likely N-dealkylation sites (tertiary alicyclic amines) is 1. The minimum atomic E-state index is -1.15. The second-order valence-electron chi connectivity index (χ2n) is 8.70. The van der Waals surface area contributed by atoms with E-state index in [0.29, 0.717) is 17.1 Å². The summed E-state index contributed by atoms with van der Waals surface area (Å²) < 4.78 is 28.1. The first-order chi connectivity index (χ1) is 15.4. The van der Waals surface area contributed by atoms with Gasteiger partial charge < -0.3 is 15.3 Å². The molecule has 1 saturated carbocycles. The molecule has 0 radical (unpaired) electrons. The largest absolute Gasteiger partial charge is 0.391 e. The van der Waals surface area contributed by atoms with Crippen molar-refractivity contribution in [3.05, 3.63) is 47.2 Å². The number of halogens is 2. The Labute approximate surface area is 183 Å². The molecule has 2 aromatic heterocycles. The summed E-state index contributed by atoms with van der Waals surface area (Å²) in [6, 6.07) is 0.946. The standard InChI is InChI=1S/C22H24F2N6O2/c1-11-2-12(7-25-6-11)17-4-14(24)9-30(17)22(32)20-19-16(8-26-20)27-10-28-21(19)29-15-3-13(23)5-18(15)31/h2,6-7,10,13-15,17-18,31H,3-5,8-9H2,1H3,(H,27,28,29)/t13-,14+,15-,17-,18-/m1/s1. The van der Waals surface area contributed by atoms with Crippen LogP contribution in [0.2, 0.25) is 0 Å². The Hall–Kier alpha value is -3.01. The van der Waals surface area contributed by atoms with E-state index in [1.165, 1.54) is 11.2 Å². The van der Waals surface area contributed by atoms with Gasteiger partial charge in [-0.25, -0.2) is 18.7 Å². The van der Waals surface area contributed by atoms with E-state index in [0.717, 1.165) is 11.1 Å². The van der Waals surface area contributed by atoms with E-state index in [4.69, 9.17) is 0 Å². The molecule has 0 spiro atoms. The Morgan fingerprint density at radius 2 is 2.03 bits per heavy atom. The van der Waals surface area contributed by atoms with Crippen LogP contribution in [0.5, 0.6) is 0 Å². The van der Waals surface area contributed by atoms with E-state index in [1.54, 1.807) is 12.4 Å². The summed E-state index contributed by atoms with van der Waals surface area (Å²) in [4.78, 5) is 32.1. The highest BCUT2D eigenvalue weighted by Gasteiger charge is 2.41. The molecule has 32 heavy (non-hydrogen) atoms. The van der Waals surface area contributed by atoms with Crippen LogP contribution in [0, 0.1) is 6.92 Å². The van der Waals surface area contributed by atoms with Crippen molar-refractivity contribution in [3.63, 3.8) is 0 Å². The van der Waals surface area contributed by atoms with Crippen molar-refractivity contribution in [2.45, 2.75) is 63.3 Å². The number of aliphatic hydroxyl groups is 1. The quantitative estimate of drug-likeness (QED) is 0.752. The Kier molecular flexibility index (Phi) is 5.32. The van der Waals surface area contributed by atoms with Gasteiger partial charge in [0.2, 0.25) is 0 Å². The summed E-state index contributed by atoms with van der Waals surface area (Å²) in [5.74, 6) is -0.0638. The Balaban J connectivity index is 1.44. The van der Waals surface area contributed by atoms with Gasteiger partial charge >= 0.3 is 0 Å². The van der Waals surface area contributed by atoms with Crippen LogP contribution in [-0.2, 0) is 11.3 Å². The van der Waals surface area contributed by atoms with Gasteiger partial charge in [0.15, 0.2) is 0 Å². The zero-order chi connectivity index (χ0) is 22.4. The molecule has 1 saturated heterocycles. The first-order valence-corrected chi connectivity index (χ1v) is 10.7. The predicted molar refractivity (Wildman–Crippen MR) is 113 cm³/mol. The van der Waals surface area contributed by atoms with Crippen LogP contribution in [0.15, 0.2) is 29.8 Å². The third-order valence-electron chi connectivity index (χ3n) is 6.34. The van der Waals surface area contributed by atoms with E-state index in [2.05, 4.69) is 25.3 Å². The van der Waals surface area contributed by atoms with Gasteiger partial charge in [-0.15, -0.1) is 0 Å². The van der Waals surface area contributed by atoms with Crippen LogP contribution in [0.1, 0.15) is 47.7 Å². The maximum atomic E-state index is 14.4. The number of aliphatic hydroxyl groups excluding tert-OH is 1. The van der Waals surface area contributed by atoms with E-state index >= 15 is 0 Å². The number of alkyl halides is 2. The second kappa shape index (κ2) is 8.16. The fourth-order valence-electron chi connectivity index (χ4n) is 4.82. The van der Waals surface area contributed by atoms with Crippen LogP contribution in [0.25, 0.3) is 0 Å². The molecule has 2 aliphatic heterocycles. The fraction of sp³-hybridized carbons (Fsp3) is 0.500. The van der Waals surface area contributed by atoms with Crippen molar-refractivity contribution in [2.75, 3.05) is 11.9 Å². The van der Waals surface area contributed by atoms with Crippen molar-refractivity contribution in [2.24, 2.45) is 4.99 Å². The molecule has 10 heteroatoms. The third kappa shape index (κ3) is 3.72. The Morgan fingerprint density at radius 3 is 2.78 bits per heavy atom. The summed E-state index contributed by atoms with van der Waals surface area (Å²) >= 11 is 0. The second-order valence-corrected chi connectivity index (χ2v) is 8.70. The highest BCUT2D eigenvalue weighted by Crippen LogP contribution is 2.36. The molecule has 2 N–H and O–H groups in total. The van der Waals surface area contributed by atoms with E-state index in [9.17, 15) is 18.7 Å². The molecule has 0 aromatic carbocycles. The van der Waals surface area contributed by atoms with Crippen molar-refractivity contribution < 1.29 is 18.7 Å². The number of rotatable bonds is 4. The van der Waals surface area contributed by atoms with Gasteiger partial charge in [0.1, 0.15) is 30.2 Å². The molecule has 8 nitrogen and oxygen atoms in total. The van der Waals surface area contributed by atoms with Crippen LogP contribution in [0.4, 0.5) is 14.6 Å². The van der Waals surface area contributed by atoms with Crippen LogP contribution in [-0.4, -0.2) is 67.6 Å². The Bertz CT molecular complexity index is 1080. The number of nitrogens with one attached hydrogen (secondary N) is 1. The molecule has 0 unspecified atom stereocenters. The van der Waals surface area contributed by atoms with Gasteiger partial charge in [0, 0.05) is 31.7 Å². The zero-order valence-electron chi connectivity index (χ0n) is 17.6. The number of aliphatic imine (C=N–C) groups is 1. The van der Waals surface area contributed by atoms with Crippen LogP contribution in [0.3, 0.4) is 0 Å². The molecule has 4 heterocycles. The highest BCUT2D eigenvalue weighted by atomic mass is 19.1. The van der Waals surface area contributed by atoms with Crippen LogP contribution < -0.4 is 5.32 Å². The number of nitrogens with zero attached hydrogens (tertiary/aromatic N) is 5. The first-order valence-electron chi connectivity index (χ1n) is 10.7. The molecular formula is C22H24F2N6O2. The molecule has 1 amide bonds. The number of carbonyl (C=O) groups is 1. The van der Waals surface area contributed by atoms with Gasteiger partial charge in [-0.05, 0) is 18.1 Å². The topological polar surface area (TPSA) is 104 Å². The van der Waals surface area contributed by atoms with E-state index in [-0.39, 0.29) is 38.1 Å². The Morgan fingerprint density at radius 1 is 1.19 bits per heavy atom. The number of amides is 1.